The minimum absolute atomic E-state index is 0.190. The van der Waals surface area contributed by atoms with Crippen LogP contribution in [-0.4, -0.2) is 44.3 Å². The Morgan fingerprint density at radius 1 is 1.22 bits per heavy atom. The number of hydrogen-bond donors (Lipinski definition) is 1. The van der Waals surface area contributed by atoms with E-state index in [1.165, 1.54) is 0 Å². The molecular formula is C17H19N3O3. The summed E-state index contributed by atoms with van der Waals surface area (Å²) >= 11 is 0. The van der Waals surface area contributed by atoms with E-state index in [1.54, 1.807) is 31.6 Å². The molecule has 0 bridgehead atoms. The average Bonchev–Trinajstić information content (AvgIpc) is 2.63. The Kier molecular flexibility index (Phi) is 4.73. The smallest absolute Gasteiger partial charge is 0.255 e. The fourth-order valence-electron chi connectivity index (χ4n) is 2.51. The molecule has 0 unspecified atom stereocenters. The molecule has 0 aliphatic carbocycles. The van der Waals surface area contributed by atoms with Gasteiger partial charge < -0.3 is 19.7 Å². The number of benzene rings is 1. The summed E-state index contributed by atoms with van der Waals surface area (Å²) in [6, 6.07) is 9.14. The molecule has 0 atom stereocenters. The van der Waals surface area contributed by atoms with Crippen molar-refractivity contribution in [2.45, 2.75) is 0 Å². The van der Waals surface area contributed by atoms with Crippen molar-refractivity contribution >= 4 is 17.3 Å². The second-order valence-electron chi connectivity index (χ2n) is 5.17. The summed E-state index contributed by atoms with van der Waals surface area (Å²) in [6.07, 6.45) is 3.19. The number of carbonyl (C=O) groups excluding carboxylic acids is 1. The Balaban J connectivity index is 1.83. The Labute approximate surface area is 135 Å². The third kappa shape index (κ3) is 3.60. The molecule has 2 heterocycles. The van der Waals surface area contributed by atoms with Gasteiger partial charge in [-0.2, -0.15) is 0 Å². The molecule has 1 aromatic heterocycles. The van der Waals surface area contributed by atoms with Crippen LogP contribution in [0.3, 0.4) is 0 Å². The number of ether oxygens (including phenoxy) is 2. The van der Waals surface area contributed by atoms with Crippen LogP contribution in [0.2, 0.25) is 0 Å². The Bertz CT molecular complexity index is 670. The van der Waals surface area contributed by atoms with Crippen LogP contribution >= 0.6 is 0 Å². The summed E-state index contributed by atoms with van der Waals surface area (Å²) in [6.45, 7) is 3.10. The van der Waals surface area contributed by atoms with Gasteiger partial charge in [-0.05, 0) is 30.3 Å². The van der Waals surface area contributed by atoms with Gasteiger partial charge in [0.15, 0.2) is 0 Å². The van der Waals surface area contributed by atoms with Crippen molar-refractivity contribution in [1.82, 2.24) is 4.98 Å². The third-order valence-electron chi connectivity index (χ3n) is 3.75. The molecule has 1 amide bonds. The molecule has 23 heavy (non-hydrogen) atoms. The van der Waals surface area contributed by atoms with Crippen molar-refractivity contribution in [2.24, 2.45) is 0 Å². The van der Waals surface area contributed by atoms with Crippen molar-refractivity contribution in [2.75, 3.05) is 43.6 Å². The molecule has 6 heteroatoms. The highest BCUT2D eigenvalue weighted by Crippen LogP contribution is 2.30. The van der Waals surface area contributed by atoms with E-state index >= 15 is 0 Å². The van der Waals surface area contributed by atoms with E-state index in [0.717, 1.165) is 18.8 Å². The van der Waals surface area contributed by atoms with Crippen LogP contribution in [0.4, 0.5) is 11.4 Å². The molecule has 2 aromatic rings. The predicted molar refractivity (Wildman–Crippen MR) is 88.2 cm³/mol. The Hall–Kier alpha value is -2.60. The lowest BCUT2D eigenvalue weighted by molar-refractivity contribution is 0.102. The summed E-state index contributed by atoms with van der Waals surface area (Å²) in [4.78, 5) is 18.5. The molecular weight excluding hydrogens is 294 g/mol. The molecule has 1 saturated heterocycles. The molecule has 0 spiro atoms. The lowest BCUT2D eigenvalue weighted by atomic mass is 10.2. The quantitative estimate of drug-likeness (QED) is 0.937. The topological polar surface area (TPSA) is 63.7 Å². The maximum atomic E-state index is 12.3. The Morgan fingerprint density at radius 2 is 1.96 bits per heavy atom. The predicted octanol–water partition coefficient (Wildman–Crippen LogP) is 2.18. The van der Waals surface area contributed by atoms with Gasteiger partial charge in [-0.3, -0.25) is 9.78 Å². The van der Waals surface area contributed by atoms with Crippen molar-refractivity contribution in [1.29, 1.82) is 0 Å². The Morgan fingerprint density at radius 3 is 2.65 bits per heavy atom. The van der Waals surface area contributed by atoms with Crippen LogP contribution in [0, 0.1) is 0 Å². The molecule has 6 nitrogen and oxygen atoms in total. The van der Waals surface area contributed by atoms with E-state index < -0.39 is 0 Å². The van der Waals surface area contributed by atoms with Gasteiger partial charge in [-0.15, -0.1) is 0 Å². The highest BCUT2D eigenvalue weighted by molar-refractivity contribution is 6.05. The number of nitrogens with one attached hydrogen (secondary N) is 1. The van der Waals surface area contributed by atoms with E-state index in [9.17, 15) is 4.79 Å². The molecule has 0 radical (unpaired) electrons. The molecule has 120 valence electrons. The second-order valence-corrected chi connectivity index (χ2v) is 5.17. The maximum Gasteiger partial charge on any atom is 0.255 e. The van der Waals surface area contributed by atoms with Crippen LogP contribution in [-0.2, 0) is 4.74 Å². The average molecular weight is 313 g/mol. The summed E-state index contributed by atoms with van der Waals surface area (Å²) < 4.78 is 10.7. The van der Waals surface area contributed by atoms with Crippen molar-refractivity contribution in [3.8, 4) is 5.75 Å². The maximum absolute atomic E-state index is 12.3. The first-order chi connectivity index (χ1) is 11.3. The minimum Gasteiger partial charge on any atom is -0.495 e. The number of aromatic nitrogens is 1. The number of methoxy groups -OCH3 is 1. The first-order valence-electron chi connectivity index (χ1n) is 7.50. The van der Waals surface area contributed by atoms with E-state index in [2.05, 4.69) is 15.2 Å². The molecule has 1 N–H and O–H groups in total. The van der Waals surface area contributed by atoms with E-state index in [-0.39, 0.29) is 5.91 Å². The van der Waals surface area contributed by atoms with Crippen molar-refractivity contribution < 1.29 is 14.3 Å². The van der Waals surface area contributed by atoms with Gasteiger partial charge in [0.05, 0.1) is 26.0 Å². The SMILES string of the molecule is COc1ccc(N2CCOCC2)cc1NC(=O)c1ccncc1. The van der Waals surface area contributed by atoms with Gasteiger partial charge in [0, 0.05) is 36.7 Å². The van der Waals surface area contributed by atoms with Crippen LogP contribution in [0.1, 0.15) is 10.4 Å². The number of hydrogen-bond acceptors (Lipinski definition) is 5. The number of morpholine rings is 1. The summed E-state index contributed by atoms with van der Waals surface area (Å²) in [5.41, 5.74) is 2.25. The standard InChI is InChI=1S/C17H19N3O3/c1-22-16-3-2-14(20-8-10-23-11-9-20)12-15(16)19-17(21)13-4-6-18-7-5-13/h2-7,12H,8-11H2,1H3,(H,19,21). The third-order valence-corrected chi connectivity index (χ3v) is 3.75. The summed E-state index contributed by atoms with van der Waals surface area (Å²) in [5.74, 6) is 0.439. The van der Waals surface area contributed by atoms with Crippen LogP contribution in [0.25, 0.3) is 0 Å². The number of pyridine rings is 1. The van der Waals surface area contributed by atoms with E-state index in [0.29, 0.717) is 30.2 Å². The molecule has 0 saturated carbocycles. The van der Waals surface area contributed by atoms with Gasteiger partial charge in [-0.1, -0.05) is 0 Å². The summed E-state index contributed by atoms with van der Waals surface area (Å²) in [5, 5.41) is 2.91. The van der Waals surface area contributed by atoms with Crippen LogP contribution in [0.15, 0.2) is 42.7 Å². The van der Waals surface area contributed by atoms with E-state index in [1.807, 2.05) is 18.2 Å². The molecule has 3 rings (SSSR count). The fraction of sp³-hybridized carbons (Fsp3) is 0.294. The first kappa shape index (κ1) is 15.3. The molecule has 1 fully saturated rings. The number of anilines is 2. The van der Waals surface area contributed by atoms with E-state index in [4.69, 9.17) is 9.47 Å². The lowest BCUT2D eigenvalue weighted by Gasteiger charge is -2.29. The lowest BCUT2D eigenvalue weighted by Crippen LogP contribution is -2.36. The summed E-state index contributed by atoms with van der Waals surface area (Å²) in [7, 11) is 1.59. The van der Waals surface area contributed by atoms with Crippen LogP contribution in [0.5, 0.6) is 5.75 Å². The highest BCUT2D eigenvalue weighted by Gasteiger charge is 2.15. The van der Waals surface area contributed by atoms with Gasteiger partial charge in [0.2, 0.25) is 0 Å². The van der Waals surface area contributed by atoms with Gasteiger partial charge in [-0.25, -0.2) is 0 Å². The fourth-order valence-corrected chi connectivity index (χ4v) is 2.51. The zero-order chi connectivity index (χ0) is 16.1. The highest BCUT2D eigenvalue weighted by atomic mass is 16.5. The molecule has 1 aromatic carbocycles. The zero-order valence-electron chi connectivity index (χ0n) is 13.0. The zero-order valence-corrected chi connectivity index (χ0v) is 13.0. The monoisotopic (exact) mass is 313 g/mol. The first-order valence-corrected chi connectivity index (χ1v) is 7.50. The van der Waals surface area contributed by atoms with Gasteiger partial charge >= 0.3 is 0 Å². The second kappa shape index (κ2) is 7.11. The van der Waals surface area contributed by atoms with Gasteiger partial charge in [0.1, 0.15) is 5.75 Å². The number of nitrogens with zero attached hydrogens (tertiary/aromatic N) is 2. The van der Waals surface area contributed by atoms with Crippen molar-refractivity contribution in [3.63, 3.8) is 0 Å². The number of carbonyl (C=O) groups is 1. The molecule has 1 aliphatic heterocycles. The minimum atomic E-state index is -0.190. The van der Waals surface area contributed by atoms with Crippen LogP contribution < -0.4 is 15.0 Å². The largest absolute Gasteiger partial charge is 0.495 e. The van der Waals surface area contributed by atoms with Crippen molar-refractivity contribution in [3.05, 3.63) is 48.3 Å². The normalized spacial score (nSPS) is 14.4. The number of rotatable bonds is 4. The van der Waals surface area contributed by atoms with Gasteiger partial charge in [0.25, 0.3) is 5.91 Å². The molecule has 1 aliphatic rings. The number of amides is 1.